The normalized spacial score (nSPS) is 23.9. The van der Waals surface area contributed by atoms with E-state index >= 15 is 0 Å². The number of rotatable bonds is 2. The average molecular weight is 268 g/mol. The third kappa shape index (κ3) is 2.58. The summed E-state index contributed by atoms with van der Waals surface area (Å²) in [5.41, 5.74) is 1.68. The monoisotopic (exact) mass is 268 g/mol. The zero-order valence-corrected chi connectivity index (χ0v) is 10.8. The largest absolute Gasteiger partial charge is 0.378 e. The lowest BCUT2D eigenvalue weighted by atomic mass is 10.0. The fraction of sp³-hybridized carbons (Fsp3) is 0.571. The van der Waals surface area contributed by atoms with Crippen LogP contribution >= 0.6 is 0 Å². The highest BCUT2D eigenvalue weighted by atomic mass is 19.2. The Bertz CT molecular complexity index is 455. The van der Waals surface area contributed by atoms with Gasteiger partial charge in [-0.2, -0.15) is 0 Å². The first-order chi connectivity index (χ1) is 9.25. The van der Waals surface area contributed by atoms with Gasteiger partial charge >= 0.3 is 0 Å². The van der Waals surface area contributed by atoms with Crippen LogP contribution in [0.15, 0.2) is 12.1 Å². The maximum absolute atomic E-state index is 13.5. The van der Waals surface area contributed by atoms with Crippen LogP contribution in [0.4, 0.5) is 14.5 Å². The maximum atomic E-state index is 13.5. The molecule has 3 rings (SSSR count). The molecule has 1 aromatic rings. The highest BCUT2D eigenvalue weighted by molar-refractivity contribution is 5.56. The molecule has 2 aliphatic heterocycles. The number of hydrogen-bond donors (Lipinski definition) is 1. The number of benzene rings is 1. The third-order valence-electron chi connectivity index (χ3n) is 3.86. The maximum Gasteiger partial charge on any atom is 0.160 e. The molecule has 0 saturated carbocycles. The molecular weight excluding hydrogens is 250 g/mol. The summed E-state index contributed by atoms with van der Waals surface area (Å²) >= 11 is 0. The first-order valence-electron chi connectivity index (χ1n) is 6.81. The molecule has 0 aromatic heterocycles. The molecule has 2 aliphatic rings. The van der Waals surface area contributed by atoms with E-state index in [0.29, 0.717) is 13.2 Å². The van der Waals surface area contributed by atoms with Crippen LogP contribution in [0.5, 0.6) is 0 Å². The lowest BCUT2D eigenvalue weighted by Crippen LogP contribution is -2.37. The van der Waals surface area contributed by atoms with E-state index < -0.39 is 11.6 Å². The van der Waals surface area contributed by atoms with Crippen molar-refractivity contribution in [2.24, 2.45) is 0 Å². The fourth-order valence-electron chi connectivity index (χ4n) is 2.86. The van der Waals surface area contributed by atoms with Crippen molar-refractivity contribution in [2.45, 2.75) is 18.9 Å². The van der Waals surface area contributed by atoms with E-state index in [-0.39, 0.29) is 6.04 Å². The van der Waals surface area contributed by atoms with Gasteiger partial charge in [0.2, 0.25) is 0 Å². The van der Waals surface area contributed by atoms with E-state index in [4.69, 9.17) is 4.74 Å². The molecule has 0 aliphatic carbocycles. The minimum absolute atomic E-state index is 0.132. The van der Waals surface area contributed by atoms with Crippen LogP contribution in [0.25, 0.3) is 0 Å². The van der Waals surface area contributed by atoms with Crippen LogP contribution in [0.2, 0.25) is 0 Å². The van der Waals surface area contributed by atoms with Gasteiger partial charge in [-0.05, 0) is 31.0 Å². The Labute approximate surface area is 111 Å². The second kappa shape index (κ2) is 5.43. The summed E-state index contributed by atoms with van der Waals surface area (Å²) in [5.74, 6) is -1.54. The van der Waals surface area contributed by atoms with E-state index in [1.165, 1.54) is 12.1 Å². The van der Waals surface area contributed by atoms with E-state index in [1.807, 2.05) is 0 Å². The third-order valence-corrected chi connectivity index (χ3v) is 3.86. The average Bonchev–Trinajstić information content (AvgIpc) is 2.96. The molecule has 0 bridgehead atoms. The number of halogens is 2. The zero-order valence-electron chi connectivity index (χ0n) is 10.8. The SMILES string of the molecule is Fc1cc(C2CCCN2)c(N2CCOCC2)cc1F. The number of nitrogens with zero attached hydrogens (tertiary/aromatic N) is 1. The highest BCUT2D eigenvalue weighted by Crippen LogP contribution is 2.33. The van der Waals surface area contributed by atoms with Crippen LogP contribution in [0.3, 0.4) is 0 Å². The molecule has 0 radical (unpaired) electrons. The van der Waals surface area contributed by atoms with Crippen molar-refractivity contribution < 1.29 is 13.5 Å². The quantitative estimate of drug-likeness (QED) is 0.890. The van der Waals surface area contributed by atoms with Crippen molar-refractivity contribution in [3.8, 4) is 0 Å². The van der Waals surface area contributed by atoms with Gasteiger partial charge in [0, 0.05) is 30.9 Å². The highest BCUT2D eigenvalue weighted by Gasteiger charge is 2.24. The van der Waals surface area contributed by atoms with Gasteiger partial charge < -0.3 is 15.0 Å². The van der Waals surface area contributed by atoms with Crippen molar-refractivity contribution in [1.29, 1.82) is 0 Å². The number of anilines is 1. The van der Waals surface area contributed by atoms with Crippen LogP contribution < -0.4 is 10.2 Å². The molecule has 5 heteroatoms. The molecule has 1 N–H and O–H groups in total. The van der Waals surface area contributed by atoms with Gasteiger partial charge in [0.05, 0.1) is 13.2 Å². The van der Waals surface area contributed by atoms with Crippen LogP contribution in [-0.4, -0.2) is 32.8 Å². The molecule has 0 spiro atoms. The Morgan fingerprint density at radius 3 is 2.58 bits per heavy atom. The Morgan fingerprint density at radius 2 is 1.89 bits per heavy atom. The van der Waals surface area contributed by atoms with Gasteiger partial charge in [-0.1, -0.05) is 0 Å². The van der Waals surface area contributed by atoms with Crippen molar-refractivity contribution in [3.05, 3.63) is 29.3 Å². The van der Waals surface area contributed by atoms with Gasteiger partial charge in [-0.15, -0.1) is 0 Å². The van der Waals surface area contributed by atoms with E-state index in [0.717, 1.165) is 43.7 Å². The van der Waals surface area contributed by atoms with Gasteiger partial charge in [-0.25, -0.2) is 8.78 Å². The summed E-state index contributed by atoms with van der Waals surface area (Å²) in [6, 6.07) is 2.81. The molecule has 2 fully saturated rings. The summed E-state index contributed by atoms with van der Waals surface area (Å²) in [6.45, 7) is 3.66. The lowest BCUT2D eigenvalue weighted by molar-refractivity contribution is 0.122. The Balaban J connectivity index is 1.97. The second-order valence-electron chi connectivity index (χ2n) is 5.07. The Kier molecular flexibility index (Phi) is 3.66. The summed E-state index contributed by atoms with van der Waals surface area (Å²) in [7, 11) is 0. The fourth-order valence-corrected chi connectivity index (χ4v) is 2.86. The number of nitrogens with one attached hydrogen (secondary N) is 1. The number of hydrogen-bond acceptors (Lipinski definition) is 3. The van der Waals surface area contributed by atoms with Crippen LogP contribution in [0, 0.1) is 11.6 Å². The summed E-state index contributed by atoms with van der Waals surface area (Å²) in [4.78, 5) is 2.08. The van der Waals surface area contributed by atoms with Gasteiger partial charge in [0.15, 0.2) is 11.6 Å². The van der Waals surface area contributed by atoms with Gasteiger partial charge in [0.25, 0.3) is 0 Å². The molecule has 2 heterocycles. The molecule has 0 amide bonds. The predicted octanol–water partition coefficient (Wildman–Crippen LogP) is 2.23. The Hall–Kier alpha value is -1.20. The number of ether oxygens (including phenoxy) is 1. The standard InChI is InChI=1S/C14H18F2N2O/c15-11-8-10(13-2-1-3-17-13)14(9-12(11)16)18-4-6-19-7-5-18/h8-9,13,17H,1-7H2. The second-order valence-corrected chi connectivity index (χ2v) is 5.07. The summed E-state index contributed by atoms with van der Waals surface area (Å²) in [5, 5.41) is 3.35. The minimum atomic E-state index is -0.775. The van der Waals surface area contributed by atoms with Crippen molar-refractivity contribution in [3.63, 3.8) is 0 Å². The van der Waals surface area contributed by atoms with Gasteiger partial charge in [-0.3, -0.25) is 0 Å². The topological polar surface area (TPSA) is 24.5 Å². The van der Waals surface area contributed by atoms with Crippen molar-refractivity contribution in [1.82, 2.24) is 5.32 Å². The lowest BCUT2D eigenvalue weighted by Gasteiger charge is -2.32. The zero-order chi connectivity index (χ0) is 13.2. The number of morpholine rings is 1. The smallest absolute Gasteiger partial charge is 0.160 e. The molecule has 1 aromatic carbocycles. The first-order valence-corrected chi connectivity index (χ1v) is 6.81. The molecule has 1 unspecified atom stereocenters. The van der Waals surface area contributed by atoms with Crippen LogP contribution in [0.1, 0.15) is 24.4 Å². The molecule has 3 nitrogen and oxygen atoms in total. The Morgan fingerprint density at radius 1 is 1.16 bits per heavy atom. The molecule has 2 saturated heterocycles. The first kappa shape index (κ1) is 12.8. The molecule has 1 atom stereocenters. The predicted molar refractivity (Wildman–Crippen MR) is 69.4 cm³/mol. The molecule has 104 valence electrons. The summed E-state index contributed by atoms with van der Waals surface area (Å²) < 4.78 is 32.4. The van der Waals surface area contributed by atoms with Crippen molar-refractivity contribution in [2.75, 3.05) is 37.7 Å². The molecule has 19 heavy (non-hydrogen) atoms. The van der Waals surface area contributed by atoms with Gasteiger partial charge in [0.1, 0.15) is 0 Å². The molecular formula is C14H18F2N2O. The van der Waals surface area contributed by atoms with Crippen LogP contribution in [-0.2, 0) is 4.74 Å². The van der Waals surface area contributed by atoms with E-state index in [1.54, 1.807) is 0 Å². The minimum Gasteiger partial charge on any atom is -0.378 e. The summed E-state index contributed by atoms with van der Waals surface area (Å²) in [6.07, 6.45) is 2.05. The van der Waals surface area contributed by atoms with Crippen molar-refractivity contribution >= 4 is 5.69 Å². The van der Waals surface area contributed by atoms with E-state index in [9.17, 15) is 8.78 Å². The van der Waals surface area contributed by atoms with E-state index in [2.05, 4.69) is 10.2 Å².